The first-order valence-corrected chi connectivity index (χ1v) is 9.44. The van der Waals surface area contributed by atoms with Gasteiger partial charge in [-0.2, -0.15) is 0 Å². The van der Waals surface area contributed by atoms with Crippen LogP contribution in [0.5, 0.6) is 5.75 Å². The van der Waals surface area contributed by atoms with E-state index in [2.05, 4.69) is 10.6 Å². The Balaban J connectivity index is 0.00000205. The summed E-state index contributed by atoms with van der Waals surface area (Å²) in [6.45, 7) is 2.25. The predicted molar refractivity (Wildman–Crippen MR) is 108 cm³/mol. The predicted octanol–water partition coefficient (Wildman–Crippen LogP) is 2.61. The fraction of sp³-hybridized carbons (Fsp3) is 0.333. The number of amides is 2. The molecule has 3 heterocycles. The summed E-state index contributed by atoms with van der Waals surface area (Å²) in [6.07, 6.45) is 0. The smallest absolute Gasteiger partial charge is 0.262 e. The highest BCUT2D eigenvalue weighted by Gasteiger charge is 2.47. The first-order valence-electron chi connectivity index (χ1n) is 9.44. The zero-order valence-corrected chi connectivity index (χ0v) is 16.4. The number of hydrogen-bond acceptors (Lipinski definition) is 4. The lowest BCUT2D eigenvalue weighted by atomic mass is 9.89. The van der Waals surface area contributed by atoms with E-state index >= 15 is 0 Å². The van der Waals surface area contributed by atoms with Crippen LogP contribution in [-0.4, -0.2) is 43.0 Å². The summed E-state index contributed by atoms with van der Waals surface area (Å²) in [5.74, 6) is 0.500. The molecule has 0 aliphatic carbocycles. The molecule has 29 heavy (non-hydrogen) atoms. The van der Waals surface area contributed by atoms with Gasteiger partial charge in [-0.15, -0.1) is 12.4 Å². The van der Waals surface area contributed by atoms with Crippen molar-refractivity contribution in [3.05, 3.63) is 59.4 Å². The molecule has 2 amide bonds. The van der Waals surface area contributed by atoms with E-state index in [4.69, 9.17) is 4.74 Å². The molecule has 3 aliphatic heterocycles. The number of nitrogens with zero attached hydrogens (tertiary/aromatic N) is 1. The summed E-state index contributed by atoms with van der Waals surface area (Å²) < 4.78 is 19.3. The molecular formula is C21H21ClFN3O3. The van der Waals surface area contributed by atoms with Gasteiger partial charge in [0.05, 0.1) is 11.7 Å². The van der Waals surface area contributed by atoms with Gasteiger partial charge in [0.2, 0.25) is 0 Å². The number of benzene rings is 2. The van der Waals surface area contributed by atoms with Crippen LogP contribution >= 0.6 is 12.4 Å². The third kappa shape index (κ3) is 3.45. The van der Waals surface area contributed by atoms with E-state index < -0.39 is 0 Å². The third-order valence-electron chi connectivity index (χ3n) is 5.88. The maximum Gasteiger partial charge on any atom is 0.262 e. The van der Waals surface area contributed by atoms with Crippen molar-refractivity contribution >= 4 is 29.9 Å². The van der Waals surface area contributed by atoms with E-state index in [9.17, 15) is 14.0 Å². The summed E-state index contributed by atoms with van der Waals surface area (Å²) in [5, 5.41) is 6.12. The van der Waals surface area contributed by atoms with E-state index in [1.807, 2.05) is 11.0 Å². The van der Waals surface area contributed by atoms with Crippen LogP contribution in [0.3, 0.4) is 0 Å². The van der Waals surface area contributed by atoms with E-state index in [1.54, 1.807) is 24.3 Å². The van der Waals surface area contributed by atoms with Crippen molar-refractivity contribution in [1.29, 1.82) is 0 Å². The van der Waals surface area contributed by atoms with Crippen molar-refractivity contribution in [2.45, 2.75) is 6.04 Å². The number of hydrogen-bond donors (Lipinski definition) is 2. The molecule has 8 heteroatoms. The lowest BCUT2D eigenvalue weighted by molar-refractivity contribution is -0.118. The molecular weight excluding hydrogens is 397 g/mol. The average Bonchev–Trinajstić information content (AvgIpc) is 3.28. The van der Waals surface area contributed by atoms with Crippen molar-refractivity contribution in [2.24, 2.45) is 11.8 Å². The number of fused-ring (bicyclic) bond motifs is 2. The molecule has 0 aromatic heterocycles. The number of anilines is 1. The van der Waals surface area contributed by atoms with Gasteiger partial charge in [-0.1, -0.05) is 12.1 Å². The Labute approximate surface area is 173 Å². The van der Waals surface area contributed by atoms with Gasteiger partial charge in [-0.05, 0) is 41.8 Å². The van der Waals surface area contributed by atoms with Gasteiger partial charge >= 0.3 is 0 Å². The van der Waals surface area contributed by atoms with Crippen molar-refractivity contribution in [1.82, 2.24) is 10.2 Å². The number of rotatable bonds is 2. The zero-order chi connectivity index (χ0) is 19.3. The molecule has 0 spiro atoms. The Hall–Kier alpha value is -2.64. The molecule has 2 aromatic rings. The van der Waals surface area contributed by atoms with Crippen LogP contribution in [0.25, 0.3) is 0 Å². The number of carbonyl (C=O) groups is 2. The summed E-state index contributed by atoms with van der Waals surface area (Å²) >= 11 is 0. The molecule has 2 aromatic carbocycles. The van der Waals surface area contributed by atoms with Crippen LogP contribution < -0.4 is 15.4 Å². The quantitative estimate of drug-likeness (QED) is 0.788. The highest BCUT2D eigenvalue weighted by Crippen LogP contribution is 2.43. The van der Waals surface area contributed by atoms with Crippen LogP contribution in [-0.2, 0) is 4.79 Å². The number of carbonyl (C=O) groups excluding carboxylic acids is 2. The fourth-order valence-corrected chi connectivity index (χ4v) is 4.62. The first kappa shape index (κ1) is 19.7. The van der Waals surface area contributed by atoms with E-state index in [0.717, 1.165) is 18.7 Å². The molecule has 0 unspecified atom stereocenters. The number of likely N-dealkylation sites (tertiary alicyclic amines) is 1. The molecule has 0 saturated carbocycles. The van der Waals surface area contributed by atoms with Gasteiger partial charge in [0.25, 0.3) is 11.8 Å². The molecule has 3 aliphatic rings. The lowest BCUT2D eigenvalue weighted by Gasteiger charge is -2.29. The Kier molecular flexibility index (Phi) is 5.19. The Morgan fingerprint density at radius 2 is 2.03 bits per heavy atom. The van der Waals surface area contributed by atoms with Crippen LogP contribution in [0.15, 0.2) is 42.5 Å². The van der Waals surface area contributed by atoms with Gasteiger partial charge in [0.15, 0.2) is 6.61 Å². The van der Waals surface area contributed by atoms with Crippen LogP contribution in [0.4, 0.5) is 10.1 Å². The molecule has 5 rings (SSSR count). The first-order chi connectivity index (χ1) is 13.6. The second kappa shape index (κ2) is 7.65. The van der Waals surface area contributed by atoms with Crippen LogP contribution in [0.2, 0.25) is 0 Å². The summed E-state index contributed by atoms with van der Waals surface area (Å²) in [6, 6.07) is 11.4. The SMILES string of the molecule is Cl.O=C1COc2cc(C(=O)N3C[C@@H]4CNC[C@@H]4[C@H]3c3cccc(F)c3)ccc2N1. The Morgan fingerprint density at radius 1 is 1.17 bits per heavy atom. The highest BCUT2D eigenvalue weighted by molar-refractivity contribution is 5.99. The summed E-state index contributed by atoms with van der Waals surface area (Å²) in [4.78, 5) is 26.7. The van der Waals surface area contributed by atoms with Crippen molar-refractivity contribution in [3.63, 3.8) is 0 Å². The number of ether oxygens (including phenoxy) is 1. The largest absolute Gasteiger partial charge is 0.482 e. The van der Waals surface area contributed by atoms with Gasteiger partial charge in [0, 0.05) is 31.1 Å². The van der Waals surface area contributed by atoms with Gasteiger partial charge < -0.3 is 20.3 Å². The summed E-state index contributed by atoms with van der Waals surface area (Å²) in [5.41, 5.74) is 1.90. The molecule has 2 saturated heterocycles. The highest BCUT2D eigenvalue weighted by atomic mass is 35.5. The lowest BCUT2D eigenvalue weighted by Crippen LogP contribution is -2.35. The standard InChI is InChI=1S/C21H20FN3O3.ClH/c22-15-3-1-2-12(6-15)20-16-9-23-8-14(16)10-25(20)21(27)13-4-5-17-18(7-13)28-11-19(26)24-17;/h1-7,14,16,20,23H,8-11H2,(H,24,26);1H/t14-,16-,20+;/m0./s1. The van der Waals surface area contributed by atoms with Crippen molar-refractivity contribution in [2.75, 3.05) is 31.6 Å². The Morgan fingerprint density at radius 3 is 2.86 bits per heavy atom. The monoisotopic (exact) mass is 417 g/mol. The van der Waals surface area contributed by atoms with Crippen molar-refractivity contribution in [3.8, 4) is 5.75 Å². The molecule has 2 fully saturated rings. The van der Waals surface area contributed by atoms with Gasteiger partial charge in [0.1, 0.15) is 11.6 Å². The molecule has 6 nitrogen and oxygen atoms in total. The average molecular weight is 418 g/mol. The maximum absolute atomic E-state index is 13.9. The number of nitrogens with one attached hydrogen (secondary N) is 2. The second-order valence-electron chi connectivity index (χ2n) is 7.59. The second-order valence-corrected chi connectivity index (χ2v) is 7.59. The molecule has 2 N–H and O–H groups in total. The maximum atomic E-state index is 13.9. The minimum Gasteiger partial charge on any atom is -0.482 e. The van der Waals surface area contributed by atoms with E-state index in [-0.39, 0.29) is 48.6 Å². The number of halogens is 2. The van der Waals surface area contributed by atoms with Gasteiger partial charge in [-0.3, -0.25) is 9.59 Å². The van der Waals surface area contributed by atoms with Crippen LogP contribution in [0.1, 0.15) is 22.0 Å². The molecule has 152 valence electrons. The molecule has 3 atom stereocenters. The van der Waals surface area contributed by atoms with Gasteiger partial charge in [-0.25, -0.2) is 4.39 Å². The van der Waals surface area contributed by atoms with E-state index in [1.165, 1.54) is 12.1 Å². The topological polar surface area (TPSA) is 70.7 Å². The minimum absolute atomic E-state index is 0. The fourth-order valence-electron chi connectivity index (χ4n) is 4.62. The Bertz CT molecular complexity index is 970. The van der Waals surface area contributed by atoms with Crippen molar-refractivity contribution < 1.29 is 18.7 Å². The molecule has 0 radical (unpaired) electrons. The normalized spacial score (nSPS) is 24.8. The third-order valence-corrected chi connectivity index (χ3v) is 5.88. The van der Waals surface area contributed by atoms with E-state index in [0.29, 0.717) is 29.5 Å². The minimum atomic E-state index is -0.294. The summed E-state index contributed by atoms with van der Waals surface area (Å²) in [7, 11) is 0. The van der Waals surface area contributed by atoms with Crippen LogP contribution in [0, 0.1) is 17.7 Å². The zero-order valence-electron chi connectivity index (χ0n) is 15.6. The molecule has 0 bridgehead atoms.